The third-order valence-electron chi connectivity index (χ3n) is 3.79. The van der Waals surface area contributed by atoms with Gasteiger partial charge < -0.3 is 0 Å². The third-order valence-corrected chi connectivity index (χ3v) is 3.79. The predicted molar refractivity (Wildman–Crippen MR) is 76.1 cm³/mol. The number of rotatable bonds is 2. The Morgan fingerprint density at radius 1 is 0.952 bits per heavy atom. The molecule has 21 heavy (non-hydrogen) atoms. The van der Waals surface area contributed by atoms with Crippen molar-refractivity contribution in [2.45, 2.75) is 18.3 Å². The molecule has 3 rings (SSSR count). The minimum Gasteiger partial charge on any atom is -0.296 e. The first-order valence-corrected chi connectivity index (χ1v) is 6.79. The zero-order chi connectivity index (χ0) is 14.8. The van der Waals surface area contributed by atoms with Gasteiger partial charge in [0, 0.05) is 12.3 Å². The summed E-state index contributed by atoms with van der Waals surface area (Å²) in [5.74, 6) is -1.87. The first-order chi connectivity index (χ1) is 10.1. The number of carbonyl (C=O) groups is 2. The Balaban J connectivity index is 2.05. The molecule has 0 aromatic heterocycles. The summed E-state index contributed by atoms with van der Waals surface area (Å²) >= 11 is 0. The number of hydrogen-bond acceptors (Lipinski definition) is 2. The molecular formula is C17H14FNO2. The average Bonchev–Trinajstić information content (AvgIpc) is 2.47. The summed E-state index contributed by atoms with van der Waals surface area (Å²) in [5.41, 5.74) is 1.50. The van der Waals surface area contributed by atoms with Gasteiger partial charge in [0.05, 0.1) is 5.92 Å². The molecule has 1 N–H and O–H groups in total. The van der Waals surface area contributed by atoms with Crippen LogP contribution in [0.3, 0.4) is 0 Å². The summed E-state index contributed by atoms with van der Waals surface area (Å²) in [6.07, 6.45) is 0.219. The fourth-order valence-electron chi connectivity index (χ4n) is 2.86. The topological polar surface area (TPSA) is 46.2 Å². The zero-order valence-electron chi connectivity index (χ0n) is 11.3. The van der Waals surface area contributed by atoms with Crippen LogP contribution in [0.2, 0.25) is 0 Å². The zero-order valence-corrected chi connectivity index (χ0v) is 11.3. The van der Waals surface area contributed by atoms with Gasteiger partial charge in [-0.15, -0.1) is 0 Å². The SMILES string of the molecule is O=C1CC(c2ccccc2)C(c2cccc(F)c2)C(=O)N1. The Bertz CT molecular complexity index is 684. The second-order valence-electron chi connectivity index (χ2n) is 5.17. The van der Waals surface area contributed by atoms with E-state index in [0.717, 1.165) is 5.56 Å². The average molecular weight is 283 g/mol. The fourth-order valence-corrected chi connectivity index (χ4v) is 2.86. The Morgan fingerprint density at radius 2 is 1.67 bits per heavy atom. The van der Waals surface area contributed by atoms with Crippen LogP contribution in [0.1, 0.15) is 29.4 Å². The molecule has 0 spiro atoms. The minimum absolute atomic E-state index is 0.219. The molecule has 4 heteroatoms. The van der Waals surface area contributed by atoms with Gasteiger partial charge in [0.15, 0.2) is 0 Å². The number of imide groups is 1. The lowest BCUT2D eigenvalue weighted by atomic mass is 9.76. The second-order valence-corrected chi connectivity index (χ2v) is 5.17. The van der Waals surface area contributed by atoms with Gasteiger partial charge in [0.2, 0.25) is 11.8 Å². The van der Waals surface area contributed by atoms with Crippen LogP contribution in [0.15, 0.2) is 54.6 Å². The van der Waals surface area contributed by atoms with E-state index in [9.17, 15) is 14.0 Å². The normalized spacial score (nSPS) is 22.0. The summed E-state index contributed by atoms with van der Waals surface area (Å²) in [5, 5.41) is 2.35. The number of nitrogens with one attached hydrogen (secondary N) is 1. The molecule has 1 heterocycles. The molecule has 106 valence electrons. The standard InChI is InChI=1S/C17H14FNO2/c18-13-8-4-7-12(9-13)16-14(10-15(20)19-17(16)21)11-5-2-1-3-6-11/h1-9,14,16H,10H2,(H,19,20,21). The second kappa shape index (κ2) is 5.48. The van der Waals surface area contributed by atoms with Crippen molar-refractivity contribution >= 4 is 11.8 Å². The number of halogens is 1. The van der Waals surface area contributed by atoms with E-state index < -0.39 is 5.92 Å². The summed E-state index contributed by atoms with van der Waals surface area (Å²) in [4.78, 5) is 23.9. The van der Waals surface area contributed by atoms with Crippen LogP contribution in [-0.2, 0) is 9.59 Å². The fraction of sp³-hybridized carbons (Fsp3) is 0.176. The lowest BCUT2D eigenvalue weighted by Gasteiger charge is -2.30. The molecule has 0 bridgehead atoms. The number of hydrogen-bond donors (Lipinski definition) is 1. The number of benzene rings is 2. The van der Waals surface area contributed by atoms with Crippen molar-refractivity contribution in [1.82, 2.24) is 5.32 Å². The highest BCUT2D eigenvalue weighted by Crippen LogP contribution is 2.38. The molecule has 0 aliphatic carbocycles. The van der Waals surface area contributed by atoms with E-state index in [1.165, 1.54) is 12.1 Å². The van der Waals surface area contributed by atoms with Gasteiger partial charge in [-0.05, 0) is 23.3 Å². The molecule has 2 aromatic carbocycles. The molecule has 1 fully saturated rings. The molecule has 0 saturated carbocycles. The maximum absolute atomic E-state index is 13.5. The van der Waals surface area contributed by atoms with Crippen molar-refractivity contribution in [3.8, 4) is 0 Å². The number of carbonyl (C=O) groups excluding carboxylic acids is 2. The van der Waals surface area contributed by atoms with Gasteiger partial charge in [-0.2, -0.15) is 0 Å². The molecule has 1 aliphatic rings. The van der Waals surface area contributed by atoms with Gasteiger partial charge in [-0.3, -0.25) is 14.9 Å². The highest BCUT2D eigenvalue weighted by Gasteiger charge is 2.37. The van der Waals surface area contributed by atoms with Crippen molar-refractivity contribution in [2.75, 3.05) is 0 Å². The molecule has 0 radical (unpaired) electrons. The Morgan fingerprint density at radius 3 is 2.38 bits per heavy atom. The van der Waals surface area contributed by atoms with E-state index in [2.05, 4.69) is 5.32 Å². The number of amides is 2. The van der Waals surface area contributed by atoms with Crippen molar-refractivity contribution in [1.29, 1.82) is 0 Å². The molecule has 1 saturated heterocycles. The number of piperidine rings is 1. The summed E-state index contributed by atoms with van der Waals surface area (Å²) < 4.78 is 13.5. The molecule has 3 nitrogen and oxygen atoms in total. The maximum Gasteiger partial charge on any atom is 0.234 e. The van der Waals surface area contributed by atoms with Crippen molar-refractivity contribution in [2.24, 2.45) is 0 Å². The first-order valence-electron chi connectivity index (χ1n) is 6.79. The summed E-state index contributed by atoms with van der Waals surface area (Å²) in [7, 11) is 0. The maximum atomic E-state index is 13.5. The van der Waals surface area contributed by atoms with E-state index in [1.54, 1.807) is 12.1 Å². The highest BCUT2D eigenvalue weighted by atomic mass is 19.1. The van der Waals surface area contributed by atoms with Gasteiger partial charge >= 0.3 is 0 Å². The van der Waals surface area contributed by atoms with Crippen LogP contribution in [0.5, 0.6) is 0 Å². The molecule has 2 aromatic rings. The lowest BCUT2D eigenvalue weighted by molar-refractivity contribution is -0.135. The van der Waals surface area contributed by atoms with Crippen LogP contribution in [0.4, 0.5) is 4.39 Å². The van der Waals surface area contributed by atoms with Crippen molar-refractivity contribution in [3.05, 3.63) is 71.5 Å². The summed E-state index contributed by atoms with van der Waals surface area (Å²) in [6.45, 7) is 0. The first kappa shape index (κ1) is 13.5. The van der Waals surface area contributed by atoms with E-state index in [0.29, 0.717) is 5.56 Å². The van der Waals surface area contributed by atoms with Crippen LogP contribution < -0.4 is 5.32 Å². The molecule has 2 atom stereocenters. The van der Waals surface area contributed by atoms with Crippen molar-refractivity contribution in [3.63, 3.8) is 0 Å². The Labute approximate surface area is 121 Å². The minimum atomic E-state index is -0.555. The van der Waals surface area contributed by atoms with Crippen LogP contribution in [-0.4, -0.2) is 11.8 Å². The van der Waals surface area contributed by atoms with Gasteiger partial charge in [0.1, 0.15) is 5.82 Å². The highest BCUT2D eigenvalue weighted by molar-refractivity contribution is 6.02. The van der Waals surface area contributed by atoms with E-state index >= 15 is 0 Å². The Hall–Kier alpha value is -2.49. The third kappa shape index (κ3) is 2.70. The Kier molecular flexibility index (Phi) is 3.52. The largest absolute Gasteiger partial charge is 0.296 e. The molecule has 2 unspecified atom stereocenters. The monoisotopic (exact) mass is 283 g/mol. The van der Waals surface area contributed by atoms with Crippen LogP contribution >= 0.6 is 0 Å². The van der Waals surface area contributed by atoms with E-state index in [-0.39, 0.29) is 30.0 Å². The summed E-state index contributed by atoms with van der Waals surface area (Å²) in [6, 6.07) is 15.4. The lowest BCUT2D eigenvalue weighted by Crippen LogP contribution is -2.43. The van der Waals surface area contributed by atoms with Crippen LogP contribution in [0, 0.1) is 5.82 Å². The quantitative estimate of drug-likeness (QED) is 0.861. The molecule has 2 amide bonds. The van der Waals surface area contributed by atoms with E-state index in [1.807, 2.05) is 30.3 Å². The van der Waals surface area contributed by atoms with E-state index in [4.69, 9.17) is 0 Å². The predicted octanol–water partition coefficient (Wildman–Crippen LogP) is 2.74. The van der Waals surface area contributed by atoms with Gasteiger partial charge in [-0.1, -0.05) is 42.5 Å². The molecular weight excluding hydrogens is 269 g/mol. The smallest absolute Gasteiger partial charge is 0.234 e. The molecule has 1 aliphatic heterocycles. The van der Waals surface area contributed by atoms with Gasteiger partial charge in [0.25, 0.3) is 0 Å². The van der Waals surface area contributed by atoms with Crippen LogP contribution in [0.25, 0.3) is 0 Å². The van der Waals surface area contributed by atoms with Gasteiger partial charge in [-0.25, -0.2) is 4.39 Å². The van der Waals surface area contributed by atoms with Crippen molar-refractivity contribution < 1.29 is 14.0 Å².